The Morgan fingerprint density at radius 1 is 1.43 bits per heavy atom. The molecule has 0 aromatic carbocycles. The van der Waals surface area contributed by atoms with Gasteiger partial charge in [0.05, 0.1) is 0 Å². The first-order valence-electron chi connectivity index (χ1n) is 4.25. The van der Waals surface area contributed by atoms with Crippen LogP contribution in [0, 0.1) is 0 Å². The summed E-state index contributed by atoms with van der Waals surface area (Å²) >= 11 is 0. The first-order chi connectivity index (χ1) is 6.70. The molecular weight excluding hydrogens is 182 g/mol. The van der Waals surface area contributed by atoms with Gasteiger partial charge >= 0.3 is 0 Å². The van der Waals surface area contributed by atoms with Crippen molar-refractivity contribution >= 4 is 17.5 Å². The van der Waals surface area contributed by atoms with E-state index in [4.69, 9.17) is 5.73 Å². The van der Waals surface area contributed by atoms with Crippen molar-refractivity contribution in [3.8, 4) is 0 Å². The lowest BCUT2D eigenvalue weighted by Gasteiger charge is -2.06. The van der Waals surface area contributed by atoms with E-state index in [1.54, 1.807) is 6.20 Å². The molecule has 0 aliphatic rings. The Labute approximate surface area is 81.9 Å². The van der Waals surface area contributed by atoms with E-state index < -0.39 is 0 Å². The van der Waals surface area contributed by atoms with Crippen LogP contribution in [0.25, 0.3) is 0 Å². The number of hydrogen-bond acceptors (Lipinski definition) is 5. The molecule has 0 radical (unpaired) electrons. The fraction of sp³-hybridized carbons (Fsp3) is 0.375. The molecule has 0 atom stereocenters. The van der Waals surface area contributed by atoms with Crippen molar-refractivity contribution in [2.75, 3.05) is 24.1 Å². The van der Waals surface area contributed by atoms with Crippen LogP contribution in [0.3, 0.4) is 0 Å². The summed E-state index contributed by atoms with van der Waals surface area (Å²) in [6, 6.07) is 0. The molecule has 1 rings (SSSR count). The lowest BCUT2D eigenvalue weighted by atomic mass is 10.5. The van der Waals surface area contributed by atoms with Crippen LogP contribution in [-0.4, -0.2) is 29.0 Å². The van der Waals surface area contributed by atoms with Crippen molar-refractivity contribution in [3.63, 3.8) is 0 Å². The average Bonchev–Trinajstić information content (AvgIpc) is 2.15. The lowest BCUT2D eigenvalue weighted by Crippen LogP contribution is -2.26. The second-order valence-electron chi connectivity index (χ2n) is 2.70. The molecule has 0 aliphatic heterocycles. The smallest absolute Gasteiger partial charge is 0.216 e. The molecule has 14 heavy (non-hydrogen) atoms. The van der Waals surface area contributed by atoms with E-state index in [0.29, 0.717) is 24.7 Å². The maximum atomic E-state index is 10.5. The molecule has 76 valence electrons. The molecule has 0 saturated heterocycles. The first kappa shape index (κ1) is 10.2. The predicted octanol–water partition coefficient (Wildman–Crippen LogP) is -0.393. The minimum atomic E-state index is -0.0566. The van der Waals surface area contributed by atoms with Gasteiger partial charge in [0.1, 0.15) is 0 Å². The largest absolute Gasteiger partial charge is 0.381 e. The lowest BCUT2D eigenvalue weighted by molar-refractivity contribution is -0.118. The van der Waals surface area contributed by atoms with E-state index >= 15 is 0 Å². The fourth-order valence-corrected chi connectivity index (χ4v) is 0.904. The molecule has 6 heteroatoms. The number of nitrogens with one attached hydrogen (secondary N) is 2. The van der Waals surface area contributed by atoms with E-state index in [0.717, 1.165) is 0 Å². The van der Waals surface area contributed by atoms with E-state index in [-0.39, 0.29) is 5.91 Å². The summed E-state index contributed by atoms with van der Waals surface area (Å²) in [4.78, 5) is 18.4. The van der Waals surface area contributed by atoms with Crippen LogP contribution in [0.15, 0.2) is 12.4 Å². The molecule has 1 aromatic rings. The number of anilines is 2. The van der Waals surface area contributed by atoms with Crippen LogP contribution in [0.5, 0.6) is 0 Å². The van der Waals surface area contributed by atoms with Crippen LogP contribution in [0.4, 0.5) is 11.6 Å². The van der Waals surface area contributed by atoms with Crippen LogP contribution in [-0.2, 0) is 4.79 Å². The second-order valence-corrected chi connectivity index (χ2v) is 2.70. The normalized spacial score (nSPS) is 9.50. The number of nitrogens with zero attached hydrogens (tertiary/aromatic N) is 2. The summed E-state index contributed by atoms with van der Waals surface area (Å²) in [6.07, 6.45) is 3.07. The summed E-state index contributed by atoms with van der Waals surface area (Å²) in [5, 5.41) is 5.60. The molecule has 1 aromatic heterocycles. The number of amides is 1. The van der Waals surface area contributed by atoms with Crippen LogP contribution in [0.2, 0.25) is 0 Å². The number of carbonyl (C=O) groups excluding carboxylic acids is 1. The van der Waals surface area contributed by atoms with Crippen molar-refractivity contribution in [1.29, 1.82) is 0 Å². The Morgan fingerprint density at radius 2 is 2.14 bits per heavy atom. The van der Waals surface area contributed by atoms with Crippen molar-refractivity contribution in [2.24, 2.45) is 0 Å². The van der Waals surface area contributed by atoms with E-state index in [2.05, 4.69) is 20.6 Å². The van der Waals surface area contributed by atoms with Gasteiger partial charge in [-0.05, 0) is 0 Å². The summed E-state index contributed by atoms with van der Waals surface area (Å²) in [7, 11) is 0. The first-order valence-corrected chi connectivity index (χ1v) is 4.25. The highest BCUT2D eigenvalue weighted by atomic mass is 16.1. The highest BCUT2D eigenvalue weighted by Crippen LogP contribution is 2.07. The number of nitrogens with two attached hydrogens (primary N) is 1. The minimum Gasteiger partial charge on any atom is -0.381 e. The second kappa shape index (κ2) is 5.00. The molecular formula is C8H13N5O. The number of carbonyl (C=O) groups is 1. The molecule has 0 aliphatic carbocycles. The van der Waals surface area contributed by atoms with E-state index in [9.17, 15) is 4.79 Å². The Morgan fingerprint density at radius 3 is 2.79 bits per heavy atom. The summed E-state index contributed by atoms with van der Waals surface area (Å²) in [5.74, 6) is 0.840. The maximum Gasteiger partial charge on any atom is 0.216 e. The van der Waals surface area contributed by atoms with Gasteiger partial charge in [-0.2, -0.15) is 0 Å². The van der Waals surface area contributed by atoms with Gasteiger partial charge in [0.25, 0.3) is 0 Å². The Hall–Kier alpha value is -1.85. The zero-order valence-electron chi connectivity index (χ0n) is 7.95. The highest BCUT2D eigenvalue weighted by Gasteiger charge is 1.98. The van der Waals surface area contributed by atoms with E-state index in [1.807, 2.05) is 0 Å². The molecule has 0 fully saturated rings. The SMILES string of the molecule is CC(=O)NCCNc1nccnc1N. The zero-order chi connectivity index (χ0) is 10.4. The number of hydrogen-bond donors (Lipinski definition) is 3. The van der Waals surface area contributed by atoms with Crippen molar-refractivity contribution < 1.29 is 4.79 Å². The summed E-state index contributed by atoms with van der Waals surface area (Å²) < 4.78 is 0. The van der Waals surface area contributed by atoms with Gasteiger partial charge in [-0.3, -0.25) is 4.79 Å². The Balaban J connectivity index is 2.31. The van der Waals surface area contributed by atoms with Crippen LogP contribution in [0.1, 0.15) is 6.92 Å². The van der Waals surface area contributed by atoms with Crippen molar-refractivity contribution in [2.45, 2.75) is 6.92 Å². The number of aromatic nitrogens is 2. The van der Waals surface area contributed by atoms with Crippen LogP contribution >= 0.6 is 0 Å². The molecule has 4 N–H and O–H groups in total. The topological polar surface area (TPSA) is 92.9 Å². The quantitative estimate of drug-likeness (QED) is 0.569. The fourth-order valence-electron chi connectivity index (χ4n) is 0.904. The molecule has 1 amide bonds. The van der Waals surface area contributed by atoms with Gasteiger partial charge in [0.15, 0.2) is 11.6 Å². The van der Waals surface area contributed by atoms with Gasteiger partial charge in [-0.1, -0.05) is 0 Å². The Kier molecular flexibility index (Phi) is 3.66. The zero-order valence-corrected chi connectivity index (χ0v) is 7.95. The van der Waals surface area contributed by atoms with Gasteiger partial charge in [-0.25, -0.2) is 9.97 Å². The number of rotatable bonds is 4. The molecule has 6 nitrogen and oxygen atoms in total. The predicted molar refractivity (Wildman–Crippen MR) is 53.6 cm³/mol. The molecule has 0 bridgehead atoms. The monoisotopic (exact) mass is 195 g/mol. The maximum absolute atomic E-state index is 10.5. The Bertz CT molecular complexity index is 314. The molecule has 0 unspecified atom stereocenters. The third-order valence-corrected chi connectivity index (χ3v) is 1.52. The van der Waals surface area contributed by atoms with Crippen LogP contribution < -0.4 is 16.4 Å². The third kappa shape index (κ3) is 3.26. The molecule has 0 spiro atoms. The van der Waals surface area contributed by atoms with Gasteiger partial charge in [-0.15, -0.1) is 0 Å². The van der Waals surface area contributed by atoms with Crippen molar-refractivity contribution in [1.82, 2.24) is 15.3 Å². The molecule has 1 heterocycles. The minimum absolute atomic E-state index is 0.0566. The average molecular weight is 195 g/mol. The number of nitrogen functional groups attached to an aromatic ring is 1. The van der Waals surface area contributed by atoms with Gasteiger partial charge in [0.2, 0.25) is 5.91 Å². The standard InChI is InChI=1S/C8H13N5O/c1-6(14)10-2-4-12-8-7(9)11-3-5-13-8/h3,5H,2,4H2,1H3,(H2,9,11)(H,10,14)(H,12,13). The third-order valence-electron chi connectivity index (χ3n) is 1.52. The summed E-state index contributed by atoms with van der Waals surface area (Å²) in [5.41, 5.74) is 5.54. The van der Waals surface area contributed by atoms with Crippen molar-refractivity contribution in [3.05, 3.63) is 12.4 Å². The summed E-state index contributed by atoms with van der Waals surface area (Å²) in [6.45, 7) is 2.57. The van der Waals surface area contributed by atoms with E-state index in [1.165, 1.54) is 13.1 Å². The molecule has 0 saturated carbocycles. The van der Waals surface area contributed by atoms with Gasteiger partial charge in [0, 0.05) is 32.4 Å². The highest BCUT2D eigenvalue weighted by molar-refractivity contribution is 5.72. The van der Waals surface area contributed by atoms with Gasteiger partial charge < -0.3 is 16.4 Å².